The number of benzene rings is 1. The highest BCUT2D eigenvalue weighted by Gasteiger charge is 2.21. The number of amides is 1. The van der Waals surface area contributed by atoms with E-state index in [1.54, 1.807) is 0 Å². The molecule has 0 unspecified atom stereocenters. The first-order valence-corrected chi connectivity index (χ1v) is 10.5. The maximum atomic E-state index is 12.1. The summed E-state index contributed by atoms with van der Waals surface area (Å²) in [5.74, 6) is 0.193. The molecule has 2 aliphatic heterocycles. The maximum absolute atomic E-state index is 12.1. The standard InChI is InChI=1S/C24H24N4O2/c29-15-16-7-11-28(12-8-16)19-3-1-17(2-4-19)22-13-18(5-9-25-22)23-14-20-21(27-23)6-10-26-24(20)30/h1-5,9,13-16,27H,6-8,10-12H2,(H,26,30). The van der Waals surface area contributed by atoms with Gasteiger partial charge in [-0.05, 0) is 43.2 Å². The highest BCUT2D eigenvalue weighted by molar-refractivity contribution is 5.97. The molecule has 0 spiro atoms. The fourth-order valence-electron chi connectivity index (χ4n) is 4.34. The highest BCUT2D eigenvalue weighted by atomic mass is 16.1. The monoisotopic (exact) mass is 400 g/mol. The summed E-state index contributed by atoms with van der Waals surface area (Å²) in [5.41, 5.74) is 6.82. The quantitative estimate of drug-likeness (QED) is 0.658. The van der Waals surface area contributed by atoms with Crippen molar-refractivity contribution in [2.24, 2.45) is 5.92 Å². The molecule has 1 aromatic carbocycles. The Labute approximate surface area is 175 Å². The lowest BCUT2D eigenvalue weighted by atomic mass is 9.98. The van der Waals surface area contributed by atoms with Crippen molar-refractivity contribution < 1.29 is 9.59 Å². The van der Waals surface area contributed by atoms with Gasteiger partial charge in [0.1, 0.15) is 6.29 Å². The van der Waals surface area contributed by atoms with Crippen LogP contribution >= 0.6 is 0 Å². The molecule has 6 nitrogen and oxygen atoms in total. The Balaban J connectivity index is 1.37. The van der Waals surface area contributed by atoms with Crippen LogP contribution in [0.1, 0.15) is 28.9 Å². The molecule has 1 saturated heterocycles. The molecule has 0 bridgehead atoms. The Hall–Kier alpha value is -3.41. The van der Waals surface area contributed by atoms with E-state index in [4.69, 9.17) is 0 Å². The molecule has 0 atom stereocenters. The molecule has 5 rings (SSSR count). The van der Waals surface area contributed by atoms with Crippen molar-refractivity contribution in [3.63, 3.8) is 0 Å². The van der Waals surface area contributed by atoms with Crippen LogP contribution in [0.5, 0.6) is 0 Å². The van der Waals surface area contributed by atoms with Gasteiger partial charge in [0.05, 0.1) is 11.3 Å². The fraction of sp³-hybridized carbons (Fsp3) is 0.292. The smallest absolute Gasteiger partial charge is 0.253 e. The molecule has 0 saturated carbocycles. The summed E-state index contributed by atoms with van der Waals surface area (Å²) in [6.07, 6.45) is 5.57. The summed E-state index contributed by atoms with van der Waals surface area (Å²) in [7, 11) is 0. The van der Waals surface area contributed by atoms with Crippen LogP contribution in [0.4, 0.5) is 5.69 Å². The van der Waals surface area contributed by atoms with Gasteiger partial charge in [-0.1, -0.05) is 12.1 Å². The van der Waals surface area contributed by atoms with Crippen molar-refractivity contribution in [2.45, 2.75) is 19.3 Å². The molecule has 0 radical (unpaired) electrons. The third kappa shape index (κ3) is 3.49. The molecule has 30 heavy (non-hydrogen) atoms. The predicted molar refractivity (Wildman–Crippen MR) is 116 cm³/mol. The van der Waals surface area contributed by atoms with E-state index in [0.717, 1.165) is 72.4 Å². The van der Waals surface area contributed by atoms with E-state index in [0.29, 0.717) is 6.54 Å². The van der Waals surface area contributed by atoms with Crippen LogP contribution in [-0.4, -0.2) is 41.8 Å². The number of H-pyrrole nitrogens is 1. The molecule has 2 aliphatic rings. The Morgan fingerprint density at radius 1 is 1.03 bits per heavy atom. The van der Waals surface area contributed by atoms with Gasteiger partial charge in [-0.25, -0.2) is 0 Å². The first-order valence-electron chi connectivity index (χ1n) is 10.5. The normalized spacial score (nSPS) is 16.8. The first kappa shape index (κ1) is 18.6. The molecule has 3 aromatic rings. The number of carbonyl (C=O) groups excluding carboxylic acids is 2. The van der Waals surface area contributed by atoms with Gasteiger partial charge in [0.25, 0.3) is 5.91 Å². The lowest BCUT2D eigenvalue weighted by Crippen LogP contribution is -2.33. The maximum Gasteiger partial charge on any atom is 0.253 e. The predicted octanol–water partition coefficient (Wildman–Crippen LogP) is 3.44. The summed E-state index contributed by atoms with van der Waals surface area (Å²) < 4.78 is 0. The van der Waals surface area contributed by atoms with Crippen LogP contribution in [0, 0.1) is 5.92 Å². The molecule has 2 N–H and O–H groups in total. The van der Waals surface area contributed by atoms with Crippen molar-refractivity contribution in [3.05, 3.63) is 59.9 Å². The highest BCUT2D eigenvalue weighted by Crippen LogP contribution is 2.29. The van der Waals surface area contributed by atoms with Crippen LogP contribution in [0.2, 0.25) is 0 Å². The van der Waals surface area contributed by atoms with Crippen LogP contribution in [-0.2, 0) is 11.2 Å². The van der Waals surface area contributed by atoms with Crippen molar-refractivity contribution >= 4 is 17.9 Å². The van der Waals surface area contributed by atoms with E-state index < -0.39 is 0 Å². The minimum absolute atomic E-state index is 0.0132. The Kier molecular flexibility index (Phi) is 4.83. The lowest BCUT2D eigenvalue weighted by Gasteiger charge is -2.31. The second kappa shape index (κ2) is 7.78. The summed E-state index contributed by atoms with van der Waals surface area (Å²) in [6.45, 7) is 2.51. The van der Waals surface area contributed by atoms with Crippen molar-refractivity contribution in [3.8, 4) is 22.5 Å². The third-order valence-corrected chi connectivity index (χ3v) is 6.14. The largest absolute Gasteiger partial charge is 0.371 e. The summed E-state index contributed by atoms with van der Waals surface area (Å²) in [6, 6.07) is 14.4. The number of nitrogens with zero attached hydrogens (tertiary/aromatic N) is 2. The average molecular weight is 400 g/mol. The molecule has 1 amide bonds. The number of aldehydes is 1. The zero-order valence-electron chi connectivity index (χ0n) is 16.7. The number of anilines is 1. The van der Waals surface area contributed by atoms with Gasteiger partial charge in [0.15, 0.2) is 0 Å². The minimum atomic E-state index is -0.0132. The van der Waals surface area contributed by atoms with Gasteiger partial charge < -0.3 is 20.0 Å². The van der Waals surface area contributed by atoms with Gasteiger partial charge >= 0.3 is 0 Å². The number of pyridine rings is 1. The van der Waals surface area contributed by atoms with E-state index in [1.165, 1.54) is 5.69 Å². The second-order valence-electron chi connectivity index (χ2n) is 8.02. The van der Waals surface area contributed by atoms with Crippen molar-refractivity contribution in [1.82, 2.24) is 15.3 Å². The molecule has 152 valence electrons. The SMILES string of the molecule is O=CC1CCN(c2ccc(-c3cc(-c4cc5c([nH]4)CCNC5=O)ccn3)cc2)CC1. The zero-order chi connectivity index (χ0) is 20.5. The molecular weight excluding hydrogens is 376 g/mol. The summed E-state index contributed by atoms with van der Waals surface area (Å²) >= 11 is 0. The van der Waals surface area contributed by atoms with Crippen molar-refractivity contribution in [2.75, 3.05) is 24.5 Å². The van der Waals surface area contributed by atoms with E-state index >= 15 is 0 Å². The fourth-order valence-corrected chi connectivity index (χ4v) is 4.34. The Morgan fingerprint density at radius 2 is 1.83 bits per heavy atom. The average Bonchev–Trinajstić information content (AvgIpc) is 3.25. The van der Waals surface area contributed by atoms with Crippen LogP contribution in [0.25, 0.3) is 22.5 Å². The topological polar surface area (TPSA) is 78.1 Å². The number of aromatic nitrogens is 2. The van der Waals surface area contributed by atoms with Gasteiger partial charge in [-0.2, -0.15) is 0 Å². The lowest BCUT2D eigenvalue weighted by molar-refractivity contribution is -0.111. The molecule has 2 aromatic heterocycles. The van der Waals surface area contributed by atoms with Crippen molar-refractivity contribution in [1.29, 1.82) is 0 Å². The van der Waals surface area contributed by atoms with Crippen LogP contribution in [0.15, 0.2) is 48.7 Å². The van der Waals surface area contributed by atoms with E-state index in [1.807, 2.05) is 18.3 Å². The number of aromatic amines is 1. The number of fused-ring (bicyclic) bond motifs is 1. The minimum Gasteiger partial charge on any atom is -0.371 e. The molecule has 4 heterocycles. The zero-order valence-corrected chi connectivity index (χ0v) is 16.7. The van der Waals surface area contributed by atoms with Crippen LogP contribution < -0.4 is 10.2 Å². The Morgan fingerprint density at radius 3 is 2.57 bits per heavy atom. The van der Waals surface area contributed by atoms with Gasteiger partial charge in [0.2, 0.25) is 0 Å². The molecule has 6 heteroatoms. The van der Waals surface area contributed by atoms with Gasteiger partial charge in [0, 0.05) is 66.4 Å². The number of piperidine rings is 1. The first-order chi connectivity index (χ1) is 14.7. The third-order valence-electron chi connectivity index (χ3n) is 6.14. The number of rotatable bonds is 4. The van der Waals surface area contributed by atoms with Gasteiger partial charge in [-0.3, -0.25) is 9.78 Å². The Bertz CT molecular complexity index is 1080. The molecule has 0 aliphatic carbocycles. The van der Waals surface area contributed by atoms with Crippen LogP contribution in [0.3, 0.4) is 0 Å². The van der Waals surface area contributed by atoms with Gasteiger partial charge in [-0.15, -0.1) is 0 Å². The number of hydrogen-bond acceptors (Lipinski definition) is 4. The molecule has 1 fully saturated rings. The number of hydrogen-bond donors (Lipinski definition) is 2. The molecular formula is C24H24N4O2. The summed E-state index contributed by atoms with van der Waals surface area (Å²) in [4.78, 5) is 33.3. The summed E-state index contributed by atoms with van der Waals surface area (Å²) in [5, 5.41) is 2.89. The second-order valence-corrected chi connectivity index (χ2v) is 8.02. The van der Waals surface area contributed by atoms with E-state index in [-0.39, 0.29) is 11.8 Å². The van der Waals surface area contributed by atoms with E-state index in [2.05, 4.69) is 50.5 Å². The number of nitrogens with one attached hydrogen (secondary N) is 2. The van der Waals surface area contributed by atoms with E-state index in [9.17, 15) is 9.59 Å². The number of carbonyl (C=O) groups is 2.